The number of aromatic nitrogens is 1. The minimum Gasteiger partial charge on any atom is -0.350 e. The molecule has 1 N–H and O–H groups in total. The molecule has 1 aromatic heterocycles. The number of nitrogens with one attached hydrogen (secondary N) is 1. The maximum atomic E-state index is 12.5. The minimum absolute atomic E-state index is 0.102. The second kappa shape index (κ2) is 11.3. The lowest BCUT2D eigenvalue weighted by Gasteiger charge is -2.32. The van der Waals surface area contributed by atoms with E-state index in [4.69, 9.17) is 0 Å². The highest BCUT2D eigenvalue weighted by molar-refractivity contribution is 8.04. The molecule has 0 bridgehead atoms. The maximum absolute atomic E-state index is 12.5. The van der Waals surface area contributed by atoms with Crippen LogP contribution in [0.3, 0.4) is 0 Å². The average Bonchev–Trinajstić information content (AvgIpc) is 2.76. The van der Waals surface area contributed by atoms with Gasteiger partial charge in [-0.25, -0.2) is 0 Å². The first-order valence-electron chi connectivity index (χ1n) is 12.1. The standard InChI is InChI=1S/C28H40N2OS2/c1-27(2,3)20-15-21(28(4,5)6)17-23(16-20)33-25-13-8-7-12-24(25)32-19-26(31)30-18-22-11-9-10-14-29-22/h9-11,14-17,24-25H,7-8,12-13,18-19H2,1-6H3,(H,30,31)/t24-,25-/m1/s1. The van der Waals surface area contributed by atoms with E-state index in [1.165, 1.54) is 41.7 Å². The number of hydrogen-bond acceptors (Lipinski definition) is 4. The highest BCUT2D eigenvalue weighted by Gasteiger charge is 2.28. The van der Waals surface area contributed by atoms with Crippen LogP contribution in [0.4, 0.5) is 0 Å². The van der Waals surface area contributed by atoms with Gasteiger partial charge in [0.05, 0.1) is 18.0 Å². The van der Waals surface area contributed by atoms with Gasteiger partial charge in [0.25, 0.3) is 0 Å². The Labute approximate surface area is 209 Å². The highest BCUT2D eigenvalue weighted by atomic mass is 32.2. The Morgan fingerprint density at radius 3 is 2.18 bits per heavy atom. The minimum atomic E-state index is 0.102. The van der Waals surface area contributed by atoms with E-state index in [1.807, 2.05) is 41.7 Å². The van der Waals surface area contributed by atoms with E-state index in [0.29, 0.717) is 22.8 Å². The Morgan fingerprint density at radius 1 is 0.970 bits per heavy atom. The molecule has 2 aromatic rings. The lowest BCUT2D eigenvalue weighted by molar-refractivity contribution is -0.118. The first-order valence-corrected chi connectivity index (χ1v) is 14.1. The van der Waals surface area contributed by atoms with Crippen LogP contribution in [0.15, 0.2) is 47.5 Å². The van der Waals surface area contributed by atoms with Crippen LogP contribution in [0.25, 0.3) is 0 Å². The van der Waals surface area contributed by atoms with E-state index in [1.54, 1.807) is 6.20 Å². The van der Waals surface area contributed by atoms with Crippen LogP contribution in [-0.2, 0) is 22.2 Å². The summed E-state index contributed by atoms with van der Waals surface area (Å²) in [5, 5.41) is 4.09. The number of hydrogen-bond donors (Lipinski definition) is 1. The molecule has 180 valence electrons. The van der Waals surface area contributed by atoms with Gasteiger partial charge in [0, 0.05) is 21.6 Å². The molecule has 1 amide bonds. The maximum Gasteiger partial charge on any atom is 0.230 e. The number of thioether (sulfide) groups is 2. The molecule has 3 nitrogen and oxygen atoms in total. The molecular formula is C28H40N2OS2. The lowest BCUT2D eigenvalue weighted by Crippen LogP contribution is -2.29. The Morgan fingerprint density at radius 2 is 1.61 bits per heavy atom. The van der Waals surface area contributed by atoms with Crippen molar-refractivity contribution in [2.45, 2.75) is 100.0 Å². The zero-order valence-electron chi connectivity index (χ0n) is 21.1. The van der Waals surface area contributed by atoms with Gasteiger partial charge in [0.2, 0.25) is 5.91 Å². The summed E-state index contributed by atoms with van der Waals surface area (Å²) in [5.74, 6) is 0.619. The number of carbonyl (C=O) groups excluding carboxylic acids is 1. The first-order chi connectivity index (χ1) is 15.5. The topological polar surface area (TPSA) is 42.0 Å². The Bertz CT molecular complexity index is 883. The first kappa shape index (κ1) is 26.2. The van der Waals surface area contributed by atoms with Crippen molar-refractivity contribution in [3.63, 3.8) is 0 Å². The number of carbonyl (C=O) groups is 1. The molecule has 0 spiro atoms. The number of amides is 1. The fraction of sp³-hybridized carbons (Fsp3) is 0.571. The average molecular weight is 485 g/mol. The van der Waals surface area contributed by atoms with Crippen molar-refractivity contribution in [2.75, 3.05) is 5.75 Å². The van der Waals surface area contributed by atoms with Crippen LogP contribution in [0, 0.1) is 0 Å². The Kier molecular flexibility index (Phi) is 8.96. The van der Waals surface area contributed by atoms with Crippen molar-refractivity contribution < 1.29 is 4.79 Å². The predicted octanol–water partition coefficient (Wildman–Crippen LogP) is 7.13. The van der Waals surface area contributed by atoms with Crippen LogP contribution < -0.4 is 5.32 Å². The van der Waals surface area contributed by atoms with E-state index >= 15 is 0 Å². The van der Waals surface area contributed by atoms with E-state index in [2.05, 4.69) is 70.0 Å². The molecule has 0 aliphatic heterocycles. The third kappa shape index (κ3) is 8.06. The molecule has 3 rings (SSSR count). The summed E-state index contributed by atoms with van der Waals surface area (Å²) in [6.07, 6.45) is 6.73. The second-order valence-electron chi connectivity index (χ2n) is 11.1. The fourth-order valence-corrected chi connectivity index (χ4v) is 6.89. The summed E-state index contributed by atoms with van der Waals surface area (Å²) in [7, 11) is 0. The smallest absolute Gasteiger partial charge is 0.230 e. The molecule has 0 saturated heterocycles. The van der Waals surface area contributed by atoms with Crippen LogP contribution in [-0.4, -0.2) is 27.1 Å². The molecule has 0 radical (unpaired) electrons. The predicted molar refractivity (Wildman–Crippen MR) is 144 cm³/mol. The van der Waals surface area contributed by atoms with Gasteiger partial charge >= 0.3 is 0 Å². The second-order valence-corrected chi connectivity index (χ2v) is 13.7. The van der Waals surface area contributed by atoms with Gasteiger partial charge in [-0.1, -0.05) is 66.5 Å². The highest BCUT2D eigenvalue weighted by Crippen LogP contribution is 2.42. The van der Waals surface area contributed by atoms with Crippen molar-refractivity contribution in [2.24, 2.45) is 0 Å². The molecule has 2 atom stereocenters. The number of nitrogens with zero attached hydrogens (tertiary/aromatic N) is 1. The number of pyridine rings is 1. The normalized spacial score (nSPS) is 19.3. The molecule has 1 aliphatic carbocycles. The molecule has 1 fully saturated rings. The molecule has 1 saturated carbocycles. The molecule has 33 heavy (non-hydrogen) atoms. The molecule has 1 aromatic carbocycles. The summed E-state index contributed by atoms with van der Waals surface area (Å²) in [6.45, 7) is 14.3. The molecule has 1 heterocycles. The SMILES string of the molecule is CC(C)(C)c1cc(S[C@@H]2CCCC[C@H]2SCC(=O)NCc2ccccn2)cc(C(C)(C)C)c1. The number of rotatable bonds is 7. The summed E-state index contributed by atoms with van der Waals surface area (Å²) in [5.41, 5.74) is 3.97. The van der Waals surface area contributed by atoms with Crippen LogP contribution in [0.2, 0.25) is 0 Å². The van der Waals surface area contributed by atoms with E-state index < -0.39 is 0 Å². The summed E-state index contributed by atoms with van der Waals surface area (Å²) < 4.78 is 0. The zero-order valence-corrected chi connectivity index (χ0v) is 22.7. The van der Waals surface area contributed by atoms with Crippen molar-refractivity contribution >= 4 is 29.4 Å². The van der Waals surface area contributed by atoms with Gasteiger partial charge in [0.15, 0.2) is 0 Å². The van der Waals surface area contributed by atoms with Crippen molar-refractivity contribution in [1.82, 2.24) is 10.3 Å². The van der Waals surface area contributed by atoms with Crippen LogP contribution >= 0.6 is 23.5 Å². The summed E-state index contributed by atoms with van der Waals surface area (Å²) in [6, 6.07) is 13.0. The largest absolute Gasteiger partial charge is 0.350 e. The van der Waals surface area contributed by atoms with E-state index in [-0.39, 0.29) is 16.7 Å². The van der Waals surface area contributed by atoms with Gasteiger partial charge in [-0.2, -0.15) is 0 Å². The van der Waals surface area contributed by atoms with Crippen molar-refractivity contribution in [1.29, 1.82) is 0 Å². The van der Waals surface area contributed by atoms with Crippen LogP contribution in [0.5, 0.6) is 0 Å². The van der Waals surface area contributed by atoms with Gasteiger partial charge in [-0.3, -0.25) is 9.78 Å². The molecule has 5 heteroatoms. The summed E-state index contributed by atoms with van der Waals surface area (Å²) >= 11 is 3.87. The molecule has 0 unspecified atom stereocenters. The van der Waals surface area contributed by atoms with E-state index in [0.717, 1.165) is 5.69 Å². The molecule has 1 aliphatic rings. The monoisotopic (exact) mass is 484 g/mol. The lowest BCUT2D eigenvalue weighted by atomic mass is 9.81. The van der Waals surface area contributed by atoms with Gasteiger partial charge in [-0.05, 0) is 59.1 Å². The fourth-order valence-electron chi connectivity index (χ4n) is 4.02. The molecular weight excluding hydrogens is 444 g/mol. The number of benzene rings is 1. The third-order valence-corrected chi connectivity index (χ3v) is 9.16. The van der Waals surface area contributed by atoms with E-state index in [9.17, 15) is 4.79 Å². The van der Waals surface area contributed by atoms with Crippen molar-refractivity contribution in [3.8, 4) is 0 Å². The summed E-state index contributed by atoms with van der Waals surface area (Å²) in [4.78, 5) is 18.1. The van der Waals surface area contributed by atoms with Gasteiger partial charge in [0.1, 0.15) is 0 Å². The Hall–Kier alpha value is -1.46. The van der Waals surface area contributed by atoms with Crippen molar-refractivity contribution in [3.05, 3.63) is 59.4 Å². The third-order valence-electron chi connectivity index (χ3n) is 6.19. The Balaban J connectivity index is 1.64. The van der Waals surface area contributed by atoms with Crippen LogP contribution in [0.1, 0.15) is 84.0 Å². The van der Waals surface area contributed by atoms with Gasteiger partial charge in [-0.15, -0.1) is 23.5 Å². The zero-order chi connectivity index (χ0) is 24.1. The van der Waals surface area contributed by atoms with Gasteiger partial charge < -0.3 is 5.32 Å². The quantitative estimate of drug-likeness (QED) is 0.454.